The Kier molecular flexibility index (Phi) is 17.2. The first-order valence-electron chi connectivity index (χ1n) is 10.1. The molecule has 0 radical (unpaired) electrons. The topological polar surface area (TPSA) is 57.2 Å². The standard InChI is InChI=1S/C21H36O3S.K/c1-2-3-4-5-6-7-8-9-10-11-12-13-14-15-20-16-18-21(19-17-20)25(22,23)24;/h16-19H,2-15H2,1H3,(H,22,23,24);/q;+1/p-1. The Morgan fingerprint density at radius 1 is 0.692 bits per heavy atom. The van der Waals surface area contributed by atoms with E-state index in [0.29, 0.717) is 0 Å². The van der Waals surface area contributed by atoms with Crippen LogP contribution >= 0.6 is 0 Å². The van der Waals surface area contributed by atoms with Crippen molar-refractivity contribution in [3.63, 3.8) is 0 Å². The van der Waals surface area contributed by atoms with Gasteiger partial charge in [-0.05, 0) is 30.5 Å². The molecule has 0 N–H and O–H groups in total. The molecule has 0 fully saturated rings. The minimum Gasteiger partial charge on any atom is -0.744 e. The quantitative estimate of drug-likeness (QED) is 0.255. The molecule has 5 heteroatoms. The van der Waals surface area contributed by atoms with Crippen LogP contribution in [0.4, 0.5) is 0 Å². The van der Waals surface area contributed by atoms with E-state index in [9.17, 15) is 13.0 Å². The van der Waals surface area contributed by atoms with Crippen molar-refractivity contribution in [3.8, 4) is 0 Å². The van der Waals surface area contributed by atoms with Crippen LogP contribution in [0.3, 0.4) is 0 Å². The van der Waals surface area contributed by atoms with Gasteiger partial charge in [0.05, 0.1) is 4.90 Å². The van der Waals surface area contributed by atoms with E-state index in [1.54, 1.807) is 12.1 Å². The summed E-state index contributed by atoms with van der Waals surface area (Å²) in [5, 5.41) is 0. The molecule has 0 aromatic heterocycles. The van der Waals surface area contributed by atoms with Gasteiger partial charge < -0.3 is 4.55 Å². The van der Waals surface area contributed by atoms with E-state index in [0.717, 1.165) is 18.4 Å². The molecule has 144 valence electrons. The zero-order valence-corrected chi connectivity index (χ0v) is 20.8. The molecule has 1 aromatic carbocycles. The second-order valence-corrected chi connectivity index (χ2v) is 8.47. The normalized spacial score (nSPS) is 11.3. The van der Waals surface area contributed by atoms with Gasteiger partial charge in [-0.25, -0.2) is 8.42 Å². The molecule has 0 aliphatic carbocycles. The summed E-state index contributed by atoms with van der Waals surface area (Å²) in [6.45, 7) is 2.26. The minimum absolute atomic E-state index is 0. The molecule has 1 aromatic rings. The molecule has 0 spiro atoms. The molecule has 0 aliphatic rings. The van der Waals surface area contributed by atoms with Crippen LogP contribution in [0, 0.1) is 0 Å². The Labute approximate surface area is 203 Å². The molecule has 0 saturated carbocycles. The van der Waals surface area contributed by atoms with Crippen LogP contribution in [-0.4, -0.2) is 13.0 Å². The van der Waals surface area contributed by atoms with E-state index in [2.05, 4.69) is 6.92 Å². The van der Waals surface area contributed by atoms with Gasteiger partial charge in [-0.15, -0.1) is 0 Å². The summed E-state index contributed by atoms with van der Waals surface area (Å²) in [5.41, 5.74) is 1.11. The average molecular weight is 407 g/mol. The number of hydrogen-bond acceptors (Lipinski definition) is 3. The van der Waals surface area contributed by atoms with Crippen LogP contribution in [0.5, 0.6) is 0 Å². The molecule has 0 aliphatic heterocycles. The van der Waals surface area contributed by atoms with Crippen LogP contribution in [0.1, 0.15) is 96.0 Å². The molecule has 0 saturated heterocycles. The van der Waals surface area contributed by atoms with Gasteiger partial charge in [0.15, 0.2) is 0 Å². The monoisotopic (exact) mass is 406 g/mol. The van der Waals surface area contributed by atoms with Gasteiger partial charge in [0.1, 0.15) is 10.1 Å². The average Bonchev–Trinajstić information content (AvgIpc) is 2.58. The van der Waals surface area contributed by atoms with E-state index < -0.39 is 10.1 Å². The summed E-state index contributed by atoms with van der Waals surface area (Å²) in [5.74, 6) is 0. The second kappa shape index (κ2) is 16.7. The maximum Gasteiger partial charge on any atom is 1.00 e. The van der Waals surface area contributed by atoms with Crippen molar-refractivity contribution in [3.05, 3.63) is 29.8 Å². The van der Waals surface area contributed by atoms with Crippen molar-refractivity contribution in [1.29, 1.82) is 0 Å². The number of unbranched alkanes of at least 4 members (excludes halogenated alkanes) is 12. The molecule has 0 amide bonds. The molecular weight excluding hydrogens is 371 g/mol. The summed E-state index contributed by atoms with van der Waals surface area (Å²) in [7, 11) is -4.32. The maximum absolute atomic E-state index is 10.9. The molecule has 0 bridgehead atoms. The van der Waals surface area contributed by atoms with Crippen molar-refractivity contribution in [2.75, 3.05) is 0 Å². The predicted octanol–water partition coefficient (Wildman–Crippen LogP) is 3.23. The maximum atomic E-state index is 10.9. The molecule has 1 rings (SSSR count). The van der Waals surface area contributed by atoms with Gasteiger partial charge in [-0.1, -0.05) is 96.1 Å². The third-order valence-corrected chi connectivity index (χ3v) is 5.63. The van der Waals surface area contributed by atoms with E-state index in [4.69, 9.17) is 0 Å². The number of aryl methyl sites for hydroxylation is 1. The molecular formula is C21H35KO3S. The van der Waals surface area contributed by atoms with Gasteiger partial charge in [-0.3, -0.25) is 0 Å². The third kappa shape index (κ3) is 13.9. The Morgan fingerprint density at radius 2 is 1.08 bits per heavy atom. The SMILES string of the molecule is CCCCCCCCCCCCCCCc1ccc(S(=O)(=O)[O-])cc1.[K+]. The van der Waals surface area contributed by atoms with Crippen molar-refractivity contribution < 1.29 is 64.4 Å². The number of rotatable bonds is 15. The molecule has 3 nitrogen and oxygen atoms in total. The summed E-state index contributed by atoms with van der Waals surface area (Å²) < 4.78 is 32.6. The van der Waals surface area contributed by atoms with Crippen molar-refractivity contribution in [1.82, 2.24) is 0 Å². The Hall–Kier alpha value is 0.766. The number of hydrogen-bond donors (Lipinski definition) is 0. The minimum atomic E-state index is -4.32. The van der Waals surface area contributed by atoms with Crippen LogP contribution < -0.4 is 51.4 Å². The first-order chi connectivity index (χ1) is 12.0. The summed E-state index contributed by atoms with van der Waals surface area (Å²) in [6.07, 6.45) is 18.4. The molecule has 26 heavy (non-hydrogen) atoms. The van der Waals surface area contributed by atoms with Crippen molar-refractivity contribution >= 4 is 10.1 Å². The van der Waals surface area contributed by atoms with Crippen LogP contribution in [-0.2, 0) is 16.5 Å². The molecule has 0 unspecified atom stereocenters. The zero-order chi connectivity index (χ0) is 18.4. The first kappa shape index (κ1) is 26.8. The third-order valence-electron chi connectivity index (χ3n) is 4.78. The smallest absolute Gasteiger partial charge is 0.744 e. The van der Waals surface area contributed by atoms with Crippen molar-refractivity contribution in [2.24, 2.45) is 0 Å². The van der Waals surface area contributed by atoms with E-state index in [1.807, 2.05) is 0 Å². The Bertz CT molecular complexity index is 541. The fourth-order valence-electron chi connectivity index (χ4n) is 3.17. The van der Waals surface area contributed by atoms with Crippen LogP contribution in [0.2, 0.25) is 0 Å². The summed E-state index contributed by atoms with van der Waals surface area (Å²) in [6, 6.07) is 6.34. The van der Waals surface area contributed by atoms with Crippen LogP contribution in [0.25, 0.3) is 0 Å². The number of benzene rings is 1. The van der Waals surface area contributed by atoms with Crippen molar-refractivity contribution in [2.45, 2.75) is 102 Å². The van der Waals surface area contributed by atoms with E-state index in [-0.39, 0.29) is 56.3 Å². The van der Waals surface area contributed by atoms with Gasteiger partial charge in [-0.2, -0.15) is 0 Å². The summed E-state index contributed by atoms with van der Waals surface area (Å²) >= 11 is 0. The molecule has 0 heterocycles. The van der Waals surface area contributed by atoms with Gasteiger partial charge in [0.25, 0.3) is 0 Å². The fourth-order valence-corrected chi connectivity index (χ4v) is 3.64. The predicted molar refractivity (Wildman–Crippen MR) is 104 cm³/mol. The zero-order valence-electron chi connectivity index (χ0n) is 16.8. The Morgan fingerprint density at radius 3 is 1.46 bits per heavy atom. The van der Waals surface area contributed by atoms with Gasteiger partial charge in [0.2, 0.25) is 0 Å². The van der Waals surface area contributed by atoms with E-state index >= 15 is 0 Å². The van der Waals surface area contributed by atoms with Crippen LogP contribution in [0.15, 0.2) is 29.2 Å². The van der Waals surface area contributed by atoms with Gasteiger partial charge >= 0.3 is 51.4 Å². The summed E-state index contributed by atoms with van der Waals surface area (Å²) in [4.78, 5) is -0.137. The fraction of sp³-hybridized carbons (Fsp3) is 0.714. The molecule has 0 atom stereocenters. The van der Waals surface area contributed by atoms with Gasteiger partial charge in [0, 0.05) is 0 Å². The largest absolute Gasteiger partial charge is 1.00 e. The first-order valence-corrected chi connectivity index (χ1v) is 11.5. The van der Waals surface area contributed by atoms with E-state index in [1.165, 1.54) is 89.2 Å². The second-order valence-electron chi connectivity index (χ2n) is 7.09. The Balaban J connectivity index is 0.00000625.